The van der Waals surface area contributed by atoms with Crippen molar-refractivity contribution in [3.8, 4) is 0 Å². The first-order valence-electron chi connectivity index (χ1n) is 6.00. The Labute approximate surface area is 101 Å². The molecule has 0 spiro atoms. The minimum Gasteiger partial charge on any atom is -0.395 e. The molecule has 1 rings (SSSR count). The molecule has 98 valence electrons. The molecule has 1 atom stereocenters. The Hall–Kier alpha value is -1.14. The molecule has 6 heteroatoms. The van der Waals surface area contributed by atoms with Crippen LogP contribution >= 0.6 is 0 Å². The Morgan fingerprint density at radius 3 is 2.82 bits per heavy atom. The van der Waals surface area contributed by atoms with Crippen LogP contribution in [0.15, 0.2) is 0 Å². The maximum absolute atomic E-state index is 11.8. The van der Waals surface area contributed by atoms with Crippen LogP contribution in [0, 0.1) is 0 Å². The summed E-state index contributed by atoms with van der Waals surface area (Å²) in [5.41, 5.74) is 0. The average molecular weight is 243 g/mol. The Kier molecular flexibility index (Phi) is 5.93. The van der Waals surface area contributed by atoms with Crippen molar-refractivity contribution < 1.29 is 14.7 Å². The van der Waals surface area contributed by atoms with Gasteiger partial charge in [0.1, 0.15) is 0 Å². The summed E-state index contributed by atoms with van der Waals surface area (Å²) in [4.78, 5) is 24.1. The third-order valence-electron chi connectivity index (χ3n) is 2.81. The van der Waals surface area contributed by atoms with Crippen LogP contribution in [0.3, 0.4) is 0 Å². The Morgan fingerprint density at radius 1 is 1.53 bits per heavy atom. The van der Waals surface area contributed by atoms with Gasteiger partial charge in [-0.2, -0.15) is 0 Å². The summed E-state index contributed by atoms with van der Waals surface area (Å²) in [7, 11) is 0. The lowest BCUT2D eigenvalue weighted by atomic mass is 10.2. The molecule has 1 fully saturated rings. The van der Waals surface area contributed by atoms with Gasteiger partial charge < -0.3 is 20.6 Å². The highest BCUT2D eigenvalue weighted by Crippen LogP contribution is 2.06. The van der Waals surface area contributed by atoms with Crippen LogP contribution in [-0.2, 0) is 9.59 Å². The second kappa shape index (κ2) is 7.24. The zero-order chi connectivity index (χ0) is 12.7. The summed E-state index contributed by atoms with van der Waals surface area (Å²) in [5.74, 6) is -0.371. The van der Waals surface area contributed by atoms with Crippen LogP contribution in [0.25, 0.3) is 0 Å². The summed E-state index contributed by atoms with van der Waals surface area (Å²) in [5, 5.41) is 14.7. The zero-order valence-corrected chi connectivity index (χ0v) is 10.2. The molecule has 0 radical (unpaired) electrons. The number of amides is 2. The molecule has 17 heavy (non-hydrogen) atoms. The monoisotopic (exact) mass is 243 g/mol. The SMILES string of the molecule is CC(=O)NCC(=O)N(CCO)CC1CCCN1. The fraction of sp³-hybridized carbons (Fsp3) is 0.818. The summed E-state index contributed by atoms with van der Waals surface area (Å²) in [6.45, 7) is 3.22. The van der Waals surface area contributed by atoms with Crippen molar-refractivity contribution >= 4 is 11.8 Å². The van der Waals surface area contributed by atoms with Gasteiger partial charge in [0.05, 0.1) is 13.2 Å². The lowest BCUT2D eigenvalue weighted by molar-refractivity contribution is -0.133. The maximum Gasteiger partial charge on any atom is 0.242 e. The minimum absolute atomic E-state index is 0.00204. The van der Waals surface area contributed by atoms with Crippen LogP contribution in [-0.4, -0.2) is 60.6 Å². The predicted octanol–water partition coefficient (Wildman–Crippen LogP) is -1.30. The molecular weight excluding hydrogens is 222 g/mol. The molecule has 1 unspecified atom stereocenters. The molecule has 1 aliphatic heterocycles. The highest BCUT2D eigenvalue weighted by molar-refractivity contribution is 5.83. The van der Waals surface area contributed by atoms with Crippen molar-refractivity contribution in [1.29, 1.82) is 0 Å². The first-order chi connectivity index (χ1) is 8.13. The highest BCUT2D eigenvalue weighted by Gasteiger charge is 2.20. The van der Waals surface area contributed by atoms with Crippen LogP contribution in [0.2, 0.25) is 0 Å². The highest BCUT2D eigenvalue weighted by atomic mass is 16.3. The third kappa shape index (κ3) is 5.14. The number of rotatable bonds is 6. The zero-order valence-electron chi connectivity index (χ0n) is 10.2. The topological polar surface area (TPSA) is 81.7 Å². The lowest BCUT2D eigenvalue weighted by Gasteiger charge is -2.25. The van der Waals surface area contributed by atoms with Gasteiger partial charge in [-0.05, 0) is 19.4 Å². The number of aliphatic hydroxyl groups excluding tert-OH is 1. The molecule has 1 aliphatic rings. The van der Waals surface area contributed by atoms with E-state index in [1.807, 2.05) is 0 Å². The average Bonchev–Trinajstić information content (AvgIpc) is 2.78. The maximum atomic E-state index is 11.8. The molecule has 0 bridgehead atoms. The van der Waals surface area contributed by atoms with Gasteiger partial charge >= 0.3 is 0 Å². The number of hydrogen-bond acceptors (Lipinski definition) is 4. The van der Waals surface area contributed by atoms with Crippen molar-refractivity contribution in [2.45, 2.75) is 25.8 Å². The summed E-state index contributed by atoms with van der Waals surface area (Å²) < 4.78 is 0. The van der Waals surface area contributed by atoms with Gasteiger partial charge in [-0.1, -0.05) is 0 Å². The predicted molar refractivity (Wildman–Crippen MR) is 63.4 cm³/mol. The second-order valence-electron chi connectivity index (χ2n) is 4.27. The van der Waals surface area contributed by atoms with E-state index in [1.165, 1.54) is 6.92 Å². The van der Waals surface area contributed by atoms with E-state index in [2.05, 4.69) is 10.6 Å². The molecule has 6 nitrogen and oxygen atoms in total. The van der Waals surface area contributed by atoms with Gasteiger partial charge in [-0.15, -0.1) is 0 Å². The Bertz CT molecular complexity index is 265. The minimum atomic E-state index is -0.221. The van der Waals surface area contributed by atoms with E-state index >= 15 is 0 Å². The van der Waals surface area contributed by atoms with Crippen molar-refractivity contribution in [1.82, 2.24) is 15.5 Å². The molecule has 1 heterocycles. The van der Waals surface area contributed by atoms with Gasteiger partial charge in [0.15, 0.2) is 0 Å². The van der Waals surface area contributed by atoms with E-state index in [0.29, 0.717) is 19.1 Å². The Balaban J connectivity index is 2.39. The van der Waals surface area contributed by atoms with Crippen molar-refractivity contribution in [2.24, 2.45) is 0 Å². The number of nitrogens with zero attached hydrogens (tertiary/aromatic N) is 1. The van der Waals surface area contributed by atoms with E-state index in [-0.39, 0.29) is 25.0 Å². The van der Waals surface area contributed by atoms with E-state index in [9.17, 15) is 9.59 Å². The number of nitrogens with one attached hydrogen (secondary N) is 2. The van der Waals surface area contributed by atoms with Gasteiger partial charge in [0.2, 0.25) is 11.8 Å². The van der Waals surface area contributed by atoms with Crippen LogP contribution in [0.5, 0.6) is 0 Å². The van der Waals surface area contributed by atoms with E-state index in [4.69, 9.17) is 5.11 Å². The Morgan fingerprint density at radius 2 is 2.29 bits per heavy atom. The standard InChI is InChI=1S/C11H21N3O3/c1-9(16)13-7-11(17)14(5-6-15)8-10-3-2-4-12-10/h10,12,15H,2-8H2,1H3,(H,13,16). The van der Waals surface area contributed by atoms with Crippen LogP contribution in [0.1, 0.15) is 19.8 Å². The van der Waals surface area contributed by atoms with Crippen molar-refractivity contribution in [2.75, 3.05) is 32.8 Å². The molecular formula is C11H21N3O3. The molecule has 0 aromatic heterocycles. The van der Waals surface area contributed by atoms with Crippen LogP contribution in [0.4, 0.5) is 0 Å². The smallest absolute Gasteiger partial charge is 0.242 e. The number of hydrogen-bond donors (Lipinski definition) is 3. The first kappa shape index (κ1) is 13.9. The first-order valence-corrected chi connectivity index (χ1v) is 6.00. The number of aliphatic hydroxyl groups is 1. The van der Waals surface area contributed by atoms with Gasteiger partial charge in [-0.3, -0.25) is 9.59 Å². The molecule has 3 N–H and O–H groups in total. The van der Waals surface area contributed by atoms with Crippen LogP contribution < -0.4 is 10.6 Å². The normalized spacial score (nSPS) is 19.1. The van der Waals surface area contributed by atoms with Crippen molar-refractivity contribution in [3.05, 3.63) is 0 Å². The number of carbonyl (C=O) groups excluding carboxylic acids is 2. The van der Waals surface area contributed by atoms with Gasteiger partial charge in [0.25, 0.3) is 0 Å². The molecule has 0 saturated carbocycles. The molecule has 0 aromatic rings. The largest absolute Gasteiger partial charge is 0.395 e. The van der Waals surface area contributed by atoms with Gasteiger partial charge in [0, 0.05) is 26.1 Å². The van der Waals surface area contributed by atoms with E-state index in [0.717, 1.165) is 19.4 Å². The van der Waals surface area contributed by atoms with E-state index < -0.39 is 0 Å². The van der Waals surface area contributed by atoms with E-state index in [1.54, 1.807) is 4.90 Å². The quantitative estimate of drug-likeness (QED) is 0.541. The fourth-order valence-corrected chi connectivity index (χ4v) is 1.93. The summed E-state index contributed by atoms with van der Waals surface area (Å²) >= 11 is 0. The lowest BCUT2D eigenvalue weighted by Crippen LogP contribution is -2.46. The number of carbonyl (C=O) groups is 2. The second-order valence-corrected chi connectivity index (χ2v) is 4.27. The van der Waals surface area contributed by atoms with Gasteiger partial charge in [-0.25, -0.2) is 0 Å². The fourth-order valence-electron chi connectivity index (χ4n) is 1.93. The molecule has 0 aromatic carbocycles. The van der Waals surface area contributed by atoms with Crippen molar-refractivity contribution in [3.63, 3.8) is 0 Å². The summed E-state index contributed by atoms with van der Waals surface area (Å²) in [6, 6.07) is 0.308. The molecule has 0 aliphatic carbocycles. The summed E-state index contributed by atoms with van der Waals surface area (Å²) in [6.07, 6.45) is 2.17. The molecule has 1 saturated heterocycles. The third-order valence-corrected chi connectivity index (χ3v) is 2.81. The molecule has 2 amide bonds.